The molecule has 1 spiro atoms. The van der Waals surface area contributed by atoms with E-state index in [1.54, 1.807) is 0 Å². The molecule has 2 aliphatic rings. The summed E-state index contributed by atoms with van der Waals surface area (Å²) in [5.41, 5.74) is 2.25. The Morgan fingerprint density at radius 3 is 2.83 bits per heavy atom. The average molecular weight is 396 g/mol. The highest BCUT2D eigenvalue weighted by molar-refractivity contribution is 5.89. The number of aromatic nitrogens is 3. The van der Waals surface area contributed by atoms with E-state index >= 15 is 0 Å². The first-order valence-electron chi connectivity index (χ1n) is 11.2. The number of rotatable bonds is 5. The van der Waals surface area contributed by atoms with E-state index in [0.29, 0.717) is 0 Å². The number of carbonyl (C=O) groups excluding carboxylic acids is 1. The molecule has 1 aromatic carbocycles. The Kier molecular flexibility index (Phi) is 5.88. The van der Waals surface area contributed by atoms with Crippen LogP contribution in [0, 0.1) is 5.41 Å². The molecule has 1 atom stereocenters. The number of likely N-dealkylation sites (tertiary alicyclic amines) is 1. The summed E-state index contributed by atoms with van der Waals surface area (Å²) in [6.45, 7) is 6.78. The third-order valence-electron chi connectivity index (χ3n) is 6.79. The molecule has 156 valence electrons. The molecule has 2 fully saturated rings. The molecule has 1 saturated heterocycles. The Morgan fingerprint density at radius 2 is 2.07 bits per heavy atom. The molecule has 29 heavy (non-hydrogen) atoms. The van der Waals surface area contributed by atoms with Gasteiger partial charge in [0.25, 0.3) is 0 Å². The van der Waals surface area contributed by atoms with Crippen LogP contribution in [0.2, 0.25) is 0 Å². The van der Waals surface area contributed by atoms with E-state index in [1.165, 1.54) is 37.7 Å². The number of urea groups is 1. The molecule has 0 bridgehead atoms. The zero-order valence-electron chi connectivity index (χ0n) is 17.7. The maximum atomic E-state index is 13.1. The number of amides is 2. The van der Waals surface area contributed by atoms with Crippen molar-refractivity contribution in [2.75, 3.05) is 18.4 Å². The van der Waals surface area contributed by atoms with Gasteiger partial charge in [-0.25, -0.2) is 4.79 Å². The largest absolute Gasteiger partial charge is 0.323 e. The van der Waals surface area contributed by atoms with E-state index in [4.69, 9.17) is 0 Å². The van der Waals surface area contributed by atoms with Gasteiger partial charge >= 0.3 is 6.03 Å². The number of aryl methyl sites for hydroxylation is 2. The van der Waals surface area contributed by atoms with Crippen molar-refractivity contribution in [3.63, 3.8) is 0 Å². The van der Waals surface area contributed by atoms with Crippen molar-refractivity contribution >= 4 is 11.7 Å². The molecular formula is C23H33N5O. The SMILES string of the molecule is CCCn1cnnc1C1CN(C(=O)Nc2cccc(CC)c2)CC12CCCCC2. The molecular weight excluding hydrogens is 362 g/mol. The third-order valence-corrected chi connectivity index (χ3v) is 6.79. The zero-order valence-corrected chi connectivity index (χ0v) is 17.7. The molecule has 1 N–H and O–H groups in total. The Hall–Kier alpha value is -2.37. The predicted octanol–water partition coefficient (Wildman–Crippen LogP) is 4.83. The molecule has 2 amide bonds. The first-order valence-corrected chi connectivity index (χ1v) is 11.2. The maximum Gasteiger partial charge on any atom is 0.321 e. The fourth-order valence-electron chi connectivity index (χ4n) is 5.26. The number of nitrogens with one attached hydrogen (secondary N) is 1. The van der Waals surface area contributed by atoms with E-state index in [2.05, 4.69) is 46.1 Å². The lowest BCUT2D eigenvalue weighted by Gasteiger charge is -2.37. The highest BCUT2D eigenvalue weighted by Gasteiger charge is 2.50. The van der Waals surface area contributed by atoms with Gasteiger partial charge in [-0.3, -0.25) is 0 Å². The summed E-state index contributed by atoms with van der Waals surface area (Å²) in [7, 11) is 0. The van der Waals surface area contributed by atoms with Gasteiger partial charge in [-0.1, -0.05) is 45.2 Å². The third kappa shape index (κ3) is 4.02. The number of hydrogen-bond acceptors (Lipinski definition) is 3. The predicted molar refractivity (Wildman–Crippen MR) is 115 cm³/mol. The Bertz CT molecular complexity index is 839. The minimum Gasteiger partial charge on any atom is -0.323 e. The second-order valence-electron chi connectivity index (χ2n) is 8.72. The van der Waals surface area contributed by atoms with Crippen LogP contribution in [0.1, 0.15) is 69.7 Å². The standard InChI is InChI=1S/C23H33N5O/c1-3-13-27-17-24-26-21(27)20-15-28(16-23(20)11-6-5-7-12-23)22(29)25-19-10-8-9-18(4-2)14-19/h8-10,14,17,20H,3-7,11-13,15-16H2,1-2H3,(H,25,29). The van der Waals surface area contributed by atoms with E-state index < -0.39 is 0 Å². The highest BCUT2D eigenvalue weighted by atomic mass is 16.2. The molecule has 6 nitrogen and oxygen atoms in total. The Morgan fingerprint density at radius 1 is 1.24 bits per heavy atom. The zero-order chi connectivity index (χ0) is 20.3. The summed E-state index contributed by atoms with van der Waals surface area (Å²) in [6.07, 6.45) is 10.0. The number of anilines is 1. The summed E-state index contributed by atoms with van der Waals surface area (Å²) in [4.78, 5) is 15.2. The fraction of sp³-hybridized carbons (Fsp3) is 0.609. The number of benzene rings is 1. The van der Waals surface area contributed by atoms with Crippen LogP contribution in [0.4, 0.5) is 10.5 Å². The van der Waals surface area contributed by atoms with Gasteiger partial charge in [0, 0.05) is 31.2 Å². The van der Waals surface area contributed by atoms with Gasteiger partial charge in [-0.15, -0.1) is 10.2 Å². The molecule has 1 aromatic heterocycles. The monoisotopic (exact) mass is 395 g/mol. The van der Waals surface area contributed by atoms with Gasteiger partial charge in [-0.2, -0.15) is 0 Å². The van der Waals surface area contributed by atoms with Crippen molar-refractivity contribution in [2.24, 2.45) is 5.41 Å². The molecule has 1 unspecified atom stereocenters. The van der Waals surface area contributed by atoms with Crippen molar-refractivity contribution in [3.05, 3.63) is 42.0 Å². The van der Waals surface area contributed by atoms with Crippen molar-refractivity contribution in [1.29, 1.82) is 0 Å². The van der Waals surface area contributed by atoms with Crippen LogP contribution >= 0.6 is 0 Å². The molecule has 4 rings (SSSR count). The van der Waals surface area contributed by atoms with Gasteiger partial charge in [-0.05, 0) is 48.8 Å². The van der Waals surface area contributed by atoms with E-state index in [-0.39, 0.29) is 17.4 Å². The van der Waals surface area contributed by atoms with Crippen molar-refractivity contribution < 1.29 is 4.79 Å². The van der Waals surface area contributed by atoms with Gasteiger partial charge in [0.05, 0.1) is 0 Å². The molecule has 1 aliphatic carbocycles. The van der Waals surface area contributed by atoms with Gasteiger partial charge < -0.3 is 14.8 Å². The smallest absolute Gasteiger partial charge is 0.321 e. The van der Waals surface area contributed by atoms with Crippen LogP contribution in [0.5, 0.6) is 0 Å². The van der Waals surface area contributed by atoms with E-state index in [1.807, 2.05) is 23.4 Å². The van der Waals surface area contributed by atoms with Crippen LogP contribution in [0.3, 0.4) is 0 Å². The van der Waals surface area contributed by atoms with Crippen LogP contribution in [0.15, 0.2) is 30.6 Å². The summed E-state index contributed by atoms with van der Waals surface area (Å²) < 4.78 is 2.20. The number of hydrogen-bond donors (Lipinski definition) is 1. The van der Waals surface area contributed by atoms with Crippen LogP contribution in [0.25, 0.3) is 0 Å². The minimum absolute atomic E-state index is 0.00672. The second-order valence-corrected chi connectivity index (χ2v) is 8.72. The van der Waals surface area contributed by atoms with Gasteiger partial charge in [0.15, 0.2) is 0 Å². The normalized spacial score (nSPS) is 20.9. The highest BCUT2D eigenvalue weighted by Crippen LogP contribution is 2.51. The molecule has 2 aromatic rings. The summed E-state index contributed by atoms with van der Waals surface area (Å²) in [5, 5.41) is 11.9. The molecule has 1 saturated carbocycles. The molecule has 1 aliphatic heterocycles. The number of carbonyl (C=O) groups is 1. The summed E-state index contributed by atoms with van der Waals surface area (Å²) in [5.74, 6) is 1.33. The van der Waals surface area contributed by atoms with E-state index in [0.717, 1.165) is 44.0 Å². The van der Waals surface area contributed by atoms with Crippen molar-refractivity contribution in [1.82, 2.24) is 19.7 Å². The van der Waals surface area contributed by atoms with Crippen LogP contribution in [-0.2, 0) is 13.0 Å². The van der Waals surface area contributed by atoms with Crippen LogP contribution in [-0.4, -0.2) is 38.8 Å². The topological polar surface area (TPSA) is 63.1 Å². The van der Waals surface area contributed by atoms with Crippen molar-refractivity contribution in [3.8, 4) is 0 Å². The summed E-state index contributed by atoms with van der Waals surface area (Å²) in [6, 6.07) is 8.15. The summed E-state index contributed by atoms with van der Waals surface area (Å²) >= 11 is 0. The van der Waals surface area contributed by atoms with Gasteiger partial charge in [0.2, 0.25) is 0 Å². The lowest BCUT2D eigenvalue weighted by atomic mass is 9.67. The Balaban J connectivity index is 1.56. The first-order chi connectivity index (χ1) is 14.1. The molecule has 6 heteroatoms. The molecule has 0 radical (unpaired) electrons. The average Bonchev–Trinajstić information content (AvgIpc) is 3.33. The first kappa shape index (κ1) is 19.9. The Labute approximate surface area is 173 Å². The van der Waals surface area contributed by atoms with Gasteiger partial charge in [0.1, 0.15) is 12.2 Å². The number of nitrogens with zero attached hydrogens (tertiary/aromatic N) is 4. The fourth-order valence-corrected chi connectivity index (χ4v) is 5.26. The lowest BCUT2D eigenvalue weighted by molar-refractivity contribution is 0.167. The minimum atomic E-state index is 0.00672. The van der Waals surface area contributed by atoms with Crippen molar-refractivity contribution in [2.45, 2.75) is 71.3 Å². The second kappa shape index (κ2) is 8.56. The quantitative estimate of drug-likeness (QED) is 0.788. The molecule has 2 heterocycles. The van der Waals surface area contributed by atoms with E-state index in [9.17, 15) is 4.79 Å². The maximum absolute atomic E-state index is 13.1. The lowest BCUT2D eigenvalue weighted by Crippen LogP contribution is -2.36. The van der Waals surface area contributed by atoms with Crippen LogP contribution < -0.4 is 5.32 Å².